The number of rotatable bonds is 5. The summed E-state index contributed by atoms with van der Waals surface area (Å²) in [5.74, 6) is 0. The Morgan fingerprint density at radius 1 is 1.50 bits per heavy atom. The summed E-state index contributed by atoms with van der Waals surface area (Å²) in [5.41, 5.74) is 0. The molecule has 2 rings (SSSR count). The van der Waals surface area contributed by atoms with E-state index in [-0.39, 0.29) is 6.03 Å². The van der Waals surface area contributed by atoms with Gasteiger partial charge in [-0.1, -0.05) is 0 Å². The lowest BCUT2D eigenvalue weighted by Crippen LogP contribution is -2.47. The van der Waals surface area contributed by atoms with E-state index >= 15 is 0 Å². The van der Waals surface area contributed by atoms with Crippen molar-refractivity contribution in [1.29, 1.82) is 0 Å². The normalized spacial score (nSPS) is 22.3. The number of hydrogen-bond donors (Lipinski definition) is 2. The lowest BCUT2D eigenvalue weighted by molar-refractivity contribution is 0.185. The van der Waals surface area contributed by atoms with Crippen molar-refractivity contribution in [3.8, 4) is 0 Å². The van der Waals surface area contributed by atoms with Crippen molar-refractivity contribution in [3.63, 3.8) is 0 Å². The quantitative estimate of drug-likeness (QED) is 0.632. The fourth-order valence-electron chi connectivity index (χ4n) is 1.76. The van der Waals surface area contributed by atoms with E-state index in [1.54, 1.807) is 0 Å². The average Bonchev–Trinajstić information content (AvgIpc) is 2.99. The average molecular weight is 197 g/mol. The number of carbonyl (C=O) groups excluding carboxylic acids is 1. The summed E-state index contributed by atoms with van der Waals surface area (Å²) >= 11 is 0. The van der Waals surface area contributed by atoms with Crippen LogP contribution >= 0.6 is 0 Å². The highest BCUT2D eigenvalue weighted by Crippen LogP contribution is 2.18. The summed E-state index contributed by atoms with van der Waals surface area (Å²) in [4.78, 5) is 13.2. The van der Waals surface area contributed by atoms with Gasteiger partial charge < -0.3 is 15.5 Å². The molecular weight excluding hydrogens is 178 g/mol. The van der Waals surface area contributed by atoms with Crippen molar-refractivity contribution in [2.24, 2.45) is 0 Å². The van der Waals surface area contributed by atoms with E-state index < -0.39 is 0 Å². The molecule has 0 atom stereocenters. The predicted octanol–water partition coefficient (Wildman–Crippen LogP) is 0.544. The summed E-state index contributed by atoms with van der Waals surface area (Å²) in [6, 6.07) is 0.896. The van der Waals surface area contributed by atoms with Gasteiger partial charge in [-0.05, 0) is 32.2 Å². The largest absolute Gasteiger partial charge is 0.338 e. The van der Waals surface area contributed by atoms with Gasteiger partial charge >= 0.3 is 6.03 Å². The molecule has 0 spiro atoms. The molecule has 0 aromatic carbocycles. The zero-order valence-corrected chi connectivity index (χ0v) is 8.59. The Balaban J connectivity index is 1.56. The van der Waals surface area contributed by atoms with Crippen LogP contribution in [0.25, 0.3) is 0 Å². The molecule has 1 aliphatic heterocycles. The third-order valence-corrected chi connectivity index (χ3v) is 2.78. The molecule has 1 aliphatic carbocycles. The maximum absolute atomic E-state index is 11.3. The first-order chi connectivity index (χ1) is 6.86. The van der Waals surface area contributed by atoms with Crippen LogP contribution in [0.4, 0.5) is 4.79 Å². The Labute approximate surface area is 85.0 Å². The van der Waals surface area contributed by atoms with Gasteiger partial charge in [0.05, 0.1) is 0 Å². The SMILES string of the molecule is O=C1NCCCN1CCCNC1CC1. The summed E-state index contributed by atoms with van der Waals surface area (Å²) < 4.78 is 0. The monoisotopic (exact) mass is 197 g/mol. The van der Waals surface area contributed by atoms with E-state index in [0.29, 0.717) is 0 Å². The van der Waals surface area contributed by atoms with Crippen LogP contribution in [-0.4, -0.2) is 43.2 Å². The van der Waals surface area contributed by atoms with Crippen LogP contribution in [0.5, 0.6) is 0 Å². The zero-order valence-electron chi connectivity index (χ0n) is 8.59. The Morgan fingerprint density at radius 3 is 3.07 bits per heavy atom. The second-order valence-electron chi connectivity index (χ2n) is 4.15. The molecule has 80 valence electrons. The van der Waals surface area contributed by atoms with Gasteiger partial charge in [-0.15, -0.1) is 0 Å². The van der Waals surface area contributed by atoms with Crippen molar-refractivity contribution in [2.75, 3.05) is 26.2 Å². The lowest BCUT2D eigenvalue weighted by Gasteiger charge is -2.27. The van der Waals surface area contributed by atoms with E-state index in [2.05, 4.69) is 10.6 Å². The van der Waals surface area contributed by atoms with Crippen LogP contribution in [0.2, 0.25) is 0 Å². The fraction of sp³-hybridized carbons (Fsp3) is 0.900. The highest BCUT2D eigenvalue weighted by molar-refractivity contribution is 5.74. The zero-order chi connectivity index (χ0) is 9.80. The van der Waals surface area contributed by atoms with Crippen LogP contribution in [0, 0.1) is 0 Å². The topological polar surface area (TPSA) is 44.4 Å². The first-order valence-corrected chi connectivity index (χ1v) is 5.62. The molecule has 2 amide bonds. The molecular formula is C10H19N3O. The number of hydrogen-bond acceptors (Lipinski definition) is 2. The molecule has 1 saturated carbocycles. The van der Waals surface area contributed by atoms with Gasteiger partial charge in [0.1, 0.15) is 0 Å². The highest BCUT2D eigenvalue weighted by atomic mass is 16.2. The van der Waals surface area contributed by atoms with Crippen molar-refractivity contribution in [2.45, 2.75) is 31.7 Å². The van der Waals surface area contributed by atoms with Crippen molar-refractivity contribution < 1.29 is 4.79 Å². The molecule has 0 radical (unpaired) electrons. The lowest BCUT2D eigenvalue weighted by atomic mass is 10.3. The van der Waals surface area contributed by atoms with Gasteiger partial charge in [-0.25, -0.2) is 4.79 Å². The molecule has 2 N–H and O–H groups in total. The number of nitrogens with one attached hydrogen (secondary N) is 2. The molecule has 2 fully saturated rings. The second-order valence-corrected chi connectivity index (χ2v) is 4.15. The molecule has 0 aromatic rings. The summed E-state index contributed by atoms with van der Waals surface area (Å²) in [6.07, 6.45) is 4.83. The van der Waals surface area contributed by atoms with E-state index in [0.717, 1.165) is 45.1 Å². The molecule has 2 aliphatic rings. The molecule has 14 heavy (non-hydrogen) atoms. The van der Waals surface area contributed by atoms with Crippen LogP contribution < -0.4 is 10.6 Å². The second kappa shape index (κ2) is 4.64. The van der Waals surface area contributed by atoms with Gasteiger partial charge in [0.25, 0.3) is 0 Å². The first-order valence-electron chi connectivity index (χ1n) is 5.62. The van der Waals surface area contributed by atoms with E-state index in [1.165, 1.54) is 12.8 Å². The molecule has 4 nitrogen and oxygen atoms in total. The molecule has 0 bridgehead atoms. The smallest absolute Gasteiger partial charge is 0.317 e. The summed E-state index contributed by atoms with van der Waals surface area (Å²) in [6.45, 7) is 3.71. The number of carbonyl (C=O) groups is 1. The van der Waals surface area contributed by atoms with Crippen LogP contribution in [-0.2, 0) is 0 Å². The van der Waals surface area contributed by atoms with Crippen LogP contribution in [0.1, 0.15) is 25.7 Å². The molecule has 1 saturated heterocycles. The Bertz CT molecular complexity index is 204. The van der Waals surface area contributed by atoms with Gasteiger partial charge in [-0.2, -0.15) is 0 Å². The summed E-state index contributed by atoms with van der Waals surface area (Å²) in [5, 5.41) is 6.31. The minimum Gasteiger partial charge on any atom is -0.338 e. The van der Waals surface area contributed by atoms with Crippen molar-refractivity contribution >= 4 is 6.03 Å². The molecule has 0 aromatic heterocycles. The third kappa shape index (κ3) is 2.87. The van der Waals surface area contributed by atoms with E-state index in [1.807, 2.05) is 4.90 Å². The van der Waals surface area contributed by atoms with Gasteiger partial charge in [0.15, 0.2) is 0 Å². The number of urea groups is 1. The third-order valence-electron chi connectivity index (χ3n) is 2.78. The van der Waals surface area contributed by atoms with E-state index in [9.17, 15) is 4.79 Å². The Hall–Kier alpha value is -0.770. The minimum atomic E-state index is 0.114. The standard InChI is InChI=1S/C10H19N3O/c14-10-12-6-2-8-13(10)7-1-5-11-9-3-4-9/h9,11H,1-8H2,(H,12,14). The van der Waals surface area contributed by atoms with Crippen LogP contribution in [0.3, 0.4) is 0 Å². The van der Waals surface area contributed by atoms with Gasteiger partial charge in [0.2, 0.25) is 0 Å². The van der Waals surface area contributed by atoms with Crippen molar-refractivity contribution in [3.05, 3.63) is 0 Å². The Kier molecular flexibility index (Phi) is 3.24. The molecule has 0 unspecified atom stereocenters. The van der Waals surface area contributed by atoms with E-state index in [4.69, 9.17) is 0 Å². The number of nitrogens with zero attached hydrogens (tertiary/aromatic N) is 1. The number of amides is 2. The fourth-order valence-corrected chi connectivity index (χ4v) is 1.76. The maximum Gasteiger partial charge on any atom is 0.317 e. The molecule has 1 heterocycles. The van der Waals surface area contributed by atoms with Crippen LogP contribution in [0.15, 0.2) is 0 Å². The summed E-state index contributed by atoms with van der Waals surface area (Å²) in [7, 11) is 0. The maximum atomic E-state index is 11.3. The highest BCUT2D eigenvalue weighted by Gasteiger charge is 2.20. The van der Waals surface area contributed by atoms with Gasteiger partial charge in [0, 0.05) is 25.7 Å². The molecule has 4 heteroatoms. The van der Waals surface area contributed by atoms with Crippen molar-refractivity contribution in [1.82, 2.24) is 15.5 Å². The minimum absolute atomic E-state index is 0.114. The predicted molar refractivity (Wildman–Crippen MR) is 55.2 cm³/mol. The van der Waals surface area contributed by atoms with Gasteiger partial charge in [-0.3, -0.25) is 0 Å². The first kappa shape index (κ1) is 9.77. The Morgan fingerprint density at radius 2 is 2.36 bits per heavy atom.